The standard InChI is InChI=1S/C15H17BrN2OS2/c16-14-6-5-13(21-14)15(19)17-10-11(12-4-3-9-20-12)18-7-1-2-8-18/h3-6,9,11H,1-2,7-8,10H2,(H,17,19). The molecule has 0 spiro atoms. The number of carbonyl (C=O) groups is 1. The van der Waals surface area contributed by atoms with E-state index < -0.39 is 0 Å². The number of nitrogens with one attached hydrogen (secondary N) is 1. The molecule has 2 aromatic rings. The molecular formula is C15H17BrN2OS2. The number of halogens is 1. The molecule has 1 saturated heterocycles. The van der Waals surface area contributed by atoms with Gasteiger partial charge in [-0.15, -0.1) is 22.7 Å². The maximum absolute atomic E-state index is 12.2. The second-order valence-electron chi connectivity index (χ2n) is 5.09. The molecular weight excluding hydrogens is 368 g/mol. The van der Waals surface area contributed by atoms with Crippen LogP contribution in [0.4, 0.5) is 0 Å². The molecule has 0 aromatic carbocycles. The van der Waals surface area contributed by atoms with Crippen LogP contribution in [-0.4, -0.2) is 30.4 Å². The SMILES string of the molecule is O=C(NCC(c1cccs1)N1CCCC1)c1ccc(Br)s1. The van der Waals surface area contributed by atoms with Crippen LogP contribution < -0.4 is 5.32 Å². The van der Waals surface area contributed by atoms with Crippen molar-refractivity contribution in [2.75, 3.05) is 19.6 Å². The van der Waals surface area contributed by atoms with E-state index in [4.69, 9.17) is 0 Å². The number of hydrogen-bond acceptors (Lipinski definition) is 4. The first-order valence-corrected chi connectivity index (χ1v) is 9.54. The van der Waals surface area contributed by atoms with Gasteiger partial charge in [-0.05, 0) is 65.4 Å². The van der Waals surface area contributed by atoms with Crippen LogP contribution in [0.3, 0.4) is 0 Å². The van der Waals surface area contributed by atoms with Crippen molar-refractivity contribution in [1.29, 1.82) is 0 Å². The van der Waals surface area contributed by atoms with Crippen molar-refractivity contribution >= 4 is 44.5 Å². The van der Waals surface area contributed by atoms with Gasteiger partial charge in [0.05, 0.1) is 14.7 Å². The Kier molecular flexibility index (Phi) is 5.11. The number of thiophene rings is 2. The Morgan fingerprint density at radius 1 is 1.33 bits per heavy atom. The Balaban J connectivity index is 1.66. The third kappa shape index (κ3) is 3.74. The topological polar surface area (TPSA) is 32.3 Å². The van der Waals surface area contributed by atoms with Crippen molar-refractivity contribution in [2.45, 2.75) is 18.9 Å². The van der Waals surface area contributed by atoms with Gasteiger partial charge in [0, 0.05) is 11.4 Å². The molecule has 1 aliphatic heterocycles. The van der Waals surface area contributed by atoms with E-state index in [9.17, 15) is 4.79 Å². The molecule has 3 heterocycles. The van der Waals surface area contributed by atoms with E-state index >= 15 is 0 Å². The summed E-state index contributed by atoms with van der Waals surface area (Å²) in [5.41, 5.74) is 0. The number of likely N-dealkylation sites (tertiary alicyclic amines) is 1. The first-order valence-electron chi connectivity index (χ1n) is 7.05. The van der Waals surface area contributed by atoms with Crippen molar-refractivity contribution < 1.29 is 4.79 Å². The van der Waals surface area contributed by atoms with E-state index in [1.165, 1.54) is 29.1 Å². The van der Waals surface area contributed by atoms with Gasteiger partial charge in [-0.25, -0.2) is 0 Å². The zero-order valence-corrected chi connectivity index (χ0v) is 14.8. The predicted octanol–water partition coefficient (Wildman–Crippen LogP) is 4.14. The number of rotatable bonds is 5. The van der Waals surface area contributed by atoms with Crippen LogP contribution in [-0.2, 0) is 0 Å². The Hall–Kier alpha value is -0.690. The number of amides is 1. The largest absolute Gasteiger partial charge is 0.349 e. The van der Waals surface area contributed by atoms with Crippen LogP contribution in [0.1, 0.15) is 33.4 Å². The Bertz CT molecular complexity index is 591. The lowest BCUT2D eigenvalue weighted by Gasteiger charge is -2.26. The molecule has 0 aliphatic carbocycles. The summed E-state index contributed by atoms with van der Waals surface area (Å²) in [6, 6.07) is 8.33. The highest BCUT2D eigenvalue weighted by Gasteiger charge is 2.24. The van der Waals surface area contributed by atoms with E-state index in [2.05, 4.69) is 43.7 Å². The zero-order valence-electron chi connectivity index (χ0n) is 11.5. The first-order chi connectivity index (χ1) is 10.2. The lowest BCUT2D eigenvalue weighted by atomic mass is 10.2. The zero-order chi connectivity index (χ0) is 14.7. The number of nitrogens with zero attached hydrogens (tertiary/aromatic N) is 1. The van der Waals surface area contributed by atoms with Crippen LogP contribution in [0.25, 0.3) is 0 Å². The number of hydrogen-bond donors (Lipinski definition) is 1. The van der Waals surface area contributed by atoms with Crippen molar-refractivity contribution in [2.24, 2.45) is 0 Å². The maximum Gasteiger partial charge on any atom is 0.261 e. The van der Waals surface area contributed by atoms with Gasteiger partial charge in [0.1, 0.15) is 0 Å². The molecule has 0 saturated carbocycles. The molecule has 1 N–H and O–H groups in total. The van der Waals surface area contributed by atoms with E-state index in [0.29, 0.717) is 12.6 Å². The molecule has 0 radical (unpaired) electrons. The minimum Gasteiger partial charge on any atom is -0.349 e. The third-order valence-corrected chi connectivity index (χ3v) is 6.30. The molecule has 1 amide bonds. The molecule has 0 bridgehead atoms. The van der Waals surface area contributed by atoms with Crippen LogP contribution in [0, 0.1) is 0 Å². The molecule has 3 nitrogen and oxygen atoms in total. The third-order valence-electron chi connectivity index (χ3n) is 3.71. The molecule has 6 heteroatoms. The fraction of sp³-hybridized carbons (Fsp3) is 0.400. The molecule has 2 aromatic heterocycles. The normalized spacial score (nSPS) is 17.0. The van der Waals surface area contributed by atoms with Gasteiger partial charge in [0.2, 0.25) is 0 Å². The highest BCUT2D eigenvalue weighted by Crippen LogP contribution is 2.28. The Morgan fingerprint density at radius 3 is 2.76 bits per heavy atom. The van der Waals surface area contributed by atoms with Gasteiger partial charge in [0.15, 0.2) is 0 Å². The van der Waals surface area contributed by atoms with Crippen LogP contribution in [0.15, 0.2) is 33.4 Å². The summed E-state index contributed by atoms with van der Waals surface area (Å²) in [5.74, 6) is 0.0199. The molecule has 1 aliphatic rings. The summed E-state index contributed by atoms with van der Waals surface area (Å²) >= 11 is 6.64. The summed E-state index contributed by atoms with van der Waals surface area (Å²) in [4.78, 5) is 16.8. The summed E-state index contributed by atoms with van der Waals surface area (Å²) in [6.07, 6.45) is 2.52. The second kappa shape index (κ2) is 7.05. The summed E-state index contributed by atoms with van der Waals surface area (Å²) in [7, 11) is 0. The van der Waals surface area contributed by atoms with Crippen LogP contribution >= 0.6 is 38.6 Å². The molecule has 21 heavy (non-hydrogen) atoms. The van der Waals surface area contributed by atoms with Crippen molar-refractivity contribution in [1.82, 2.24) is 10.2 Å². The lowest BCUT2D eigenvalue weighted by molar-refractivity contribution is 0.0942. The molecule has 1 atom stereocenters. The first kappa shape index (κ1) is 15.2. The Morgan fingerprint density at radius 2 is 2.14 bits per heavy atom. The fourth-order valence-corrected chi connectivity index (χ4v) is 4.82. The van der Waals surface area contributed by atoms with Crippen LogP contribution in [0.2, 0.25) is 0 Å². The molecule has 112 valence electrons. The monoisotopic (exact) mass is 384 g/mol. The smallest absolute Gasteiger partial charge is 0.261 e. The van der Waals surface area contributed by atoms with Gasteiger partial charge < -0.3 is 5.32 Å². The Labute approximate surface area is 141 Å². The van der Waals surface area contributed by atoms with Gasteiger partial charge in [-0.1, -0.05) is 6.07 Å². The van der Waals surface area contributed by atoms with E-state index in [1.807, 2.05) is 12.1 Å². The van der Waals surface area contributed by atoms with Crippen molar-refractivity contribution in [3.05, 3.63) is 43.2 Å². The lowest BCUT2D eigenvalue weighted by Crippen LogP contribution is -2.36. The predicted molar refractivity (Wildman–Crippen MR) is 92.2 cm³/mol. The second-order valence-corrected chi connectivity index (χ2v) is 8.53. The highest BCUT2D eigenvalue weighted by atomic mass is 79.9. The van der Waals surface area contributed by atoms with Gasteiger partial charge in [-0.3, -0.25) is 9.69 Å². The minimum atomic E-state index is 0.0199. The average molecular weight is 385 g/mol. The summed E-state index contributed by atoms with van der Waals surface area (Å²) in [5, 5.41) is 5.20. The van der Waals surface area contributed by atoms with Gasteiger partial charge >= 0.3 is 0 Å². The fourth-order valence-electron chi connectivity index (χ4n) is 2.66. The number of carbonyl (C=O) groups excluding carboxylic acids is 1. The van der Waals surface area contributed by atoms with E-state index in [0.717, 1.165) is 21.8 Å². The summed E-state index contributed by atoms with van der Waals surface area (Å²) < 4.78 is 0.988. The van der Waals surface area contributed by atoms with E-state index in [-0.39, 0.29) is 5.91 Å². The van der Waals surface area contributed by atoms with Gasteiger partial charge in [-0.2, -0.15) is 0 Å². The minimum absolute atomic E-state index is 0.0199. The van der Waals surface area contributed by atoms with E-state index in [1.54, 1.807) is 11.3 Å². The van der Waals surface area contributed by atoms with Crippen molar-refractivity contribution in [3.63, 3.8) is 0 Å². The van der Waals surface area contributed by atoms with Gasteiger partial charge in [0.25, 0.3) is 5.91 Å². The average Bonchev–Trinajstić information content (AvgIpc) is 3.21. The highest BCUT2D eigenvalue weighted by molar-refractivity contribution is 9.11. The molecule has 1 unspecified atom stereocenters. The quantitative estimate of drug-likeness (QED) is 0.839. The summed E-state index contributed by atoms with van der Waals surface area (Å²) in [6.45, 7) is 2.93. The van der Waals surface area contributed by atoms with Crippen molar-refractivity contribution in [3.8, 4) is 0 Å². The van der Waals surface area contributed by atoms with Crippen LogP contribution in [0.5, 0.6) is 0 Å². The maximum atomic E-state index is 12.2. The molecule has 1 fully saturated rings. The molecule has 3 rings (SSSR count).